The van der Waals surface area contributed by atoms with Gasteiger partial charge in [0.25, 0.3) is 81.0 Å². The van der Waals surface area contributed by atoms with Crippen LogP contribution in [0.4, 0.5) is 0 Å². The molecule has 0 aromatic rings. The molecule has 352 valence electrons. The van der Waals surface area contributed by atoms with Crippen molar-refractivity contribution in [1.29, 1.82) is 0 Å². The number of ketones is 22. The number of allylic oxidation sites excluding steroid dienone is 4. The minimum Gasteiger partial charge on any atom is -0.290 e. The van der Waals surface area contributed by atoms with Crippen LogP contribution in [0.1, 0.15) is 79.1 Å². The minimum absolute atomic E-state index is 0.0667. The van der Waals surface area contributed by atoms with Crippen LogP contribution >= 0.6 is 0 Å². The molecule has 0 spiro atoms. The Kier molecular flexibility index (Phi) is 21.9. The second kappa shape index (κ2) is 25.1. The molecule has 0 aromatic heterocycles. The van der Waals surface area contributed by atoms with E-state index in [1.807, 2.05) is 0 Å². The highest BCUT2D eigenvalue weighted by Gasteiger charge is 2.52. The van der Waals surface area contributed by atoms with Crippen LogP contribution in [0.15, 0.2) is 23.3 Å². The number of quaternary nitrogens is 1. The zero-order chi connectivity index (χ0) is 52.6. The van der Waals surface area contributed by atoms with Crippen molar-refractivity contribution in [3.05, 3.63) is 23.3 Å². The fourth-order valence-electron chi connectivity index (χ4n) is 4.60. The van der Waals surface area contributed by atoms with Gasteiger partial charge in [0, 0.05) is 24.0 Å². The van der Waals surface area contributed by atoms with Gasteiger partial charge in [0.05, 0.1) is 14.1 Å². The van der Waals surface area contributed by atoms with Crippen LogP contribution < -0.4 is 0 Å². The van der Waals surface area contributed by atoms with Crippen molar-refractivity contribution in [2.75, 3.05) is 14.1 Å². The molecule has 0 saturated heterocycles. The first kappa shape index (κ1) is 58.5. The number of likely N-dealkylation sites (N-methyl/N-ethyl adjacent to an activating group) is 1. The first-order chi connectivity index (χ1) is 30.9. The molecule has 0 aliphatic rings. The lowest BCUT2D eigenvalue weighted by Crippen LogP contribution is -2.60. The van der Waals surface area contributed by atoms with Crippen LogP contribution in [0.25, 0.3) is 0 Å². The van der Waals surface area contributed by atoms with Crippen molar-refractivity contribution in [2.24, 2.45) is 0 Å². The van der Waals surface area contributed by atoms with Crippen molar-refractivity contribution in [3.8, 4) is 0 Å². The Hall–Kier alpha value is -8.48. The fraction of sp³-hybridized carbons (Fsp3) is 0.333. The zero-order valence-corrected chi connectivity index (χ0v) is 36.1. The molecule has 0 aliphatic carbocycles. The van der Waals surface area contributed by atoms with Gasteiger partial charge in [-0.1, -0.05) is 40.5 Å². The number of rotatable bonds is 32. The zero-order valence-electron chi connectivity index (χ0n) is 36.1. The molecule has 0 bridgehead atoms. The van der Waals surface area contributed by atoms with Gasteiger partial charge < -0.3 is 0 Å². The van der Waals surface area contributed by atoms with E-state index in [0.717, 1.165) is 13.8 Å². The summed E-state index contributed by atoms with van der Waals surface area (Å²) in [6.45, 7) is 5.34. The summed E-state index contributed by atoms with van der Waals surface area (Å²) in [5, 5.41) is 0. The second-order valence-electron chi connectivity index (χ2n) is 13.8. The van der Waals surface area contributed by atoms with Gasteiger partial charge in [0.1, 0.15) is 0 Å². The van der Waals surface area contributed by atoms with Gasteiger partial charge in [-0.05, 0) is 37.8 Å². The number of nitrogens with zero attached hydrogens (tertiary/aromatic N) is 1. The molecule has 0 aliphatic heterocycles. The quantitative estimate of drug-likeness (QED) is 0.0266. The predicted octanol–water partition coefficient (Wildman–Crippen LogP) is -4.31. The van der Waals surface area contributed by atoms with Gasteiger partial charge in [0.2, 0.25) is 34.7 Å². The summed E-state index contributed by atoms with van der Waals surface area (Å²) in [7, 11) is 0.442. The van der Waals surface area contributed by atoms with Crippen LogP contribution in [0.2, 0.25) is 0 Å². The van der Waals surface area contributed by atoms with Gasteiger partial charge in [-0.3, -0.25) is 105 Å². The standard InChI is InChI=1S/C42H36NO24/c1-7-11-13-19(44)25(50)27(52)21(46)15-17(9-3)23(48)29(54)31(56)33(58)35(60)37(62)39(64)41(66)43(5,6)42(67)40(65)38(63)36(61)34(59)32(57)30(55)24(49)18(10-4)16-22(47)28(53)26(51)20(45)14-12-8-2/h15-16H,7-14H2,1-6H3/q+1/b17-15-,18-16-. The van der Waals surface area contributed by atoms with Gasteiger partial charge in [-0.25, -0.2) is 9.59 Å². The molecule has 0 N–H and O–H groups in total. The summed E-state index contributed by atoms with van der Waals surface area (Å²) in [5.74, 6) is -55.4. The minimum atomic E-state index is -2.83. The number of unbranched alkanes of at least 4 members (excludes halogenated alkanes) is 2. The fourth-order valence-corrected chi connectivity index (χ4v) is 4.60. The molecule has 0 radical (unpaired) electrons. The van der Waals surface area contributed by atoms with E-state index in [0.29, 0.717) is 12.8 Å². The molecule has 67 heavy (non-hydrogen) atoms. The summed E-state index contributed by atoms with van der Waals surface area (Å²) < 4.78 is -2.47. The van der Waals surface area contributed by atoms with Crippen molar-refractivity contribution in [2.45, 2.75) is 79.1 Å². The second-order valence-corrected chi connectivity index (χ2v) is 13.8. The Bertz CT molecular complexity index is 2380. The highest BCUT2D eigenvalue weighted by Crippen LogP contribution is 2.10. The predicted molar refractivity (Wildman–Crippen MR) is 208 cm³/mol. The van der Waals surface area contributed by atoms with Gasteiger partial charge in [-0.15, -0.1) is 0 Å². The highest BCUT2D eigenvalue weighted by molar-refractivity contribution is 7.00. The van der Waals surface area contributed by atoms with E-state index in [9.17, 15) is 115 Å². The van der Waals surface area contributed by atoms with Crippen LogP contribution in [0.5, 0.6) is 0 Å². The lowest BCUT2D eigenvalue weighted by Gasteiger charge is -2.20. The third-order valence-electron chi connectivity index (χ3n) is 8.72. The number of Topliss-reactive ketones (excluding diaryl/α,β-unsaturated/α-hetero) is 20. The molecule has 25 heteroatoms. The maximum absolute atomic E-state index is 12.8. The third-order valence-corrected chi connectivity index (χ3v) is 8.72. The highest BCUT2D eigenvalue weighted by atomic mass is 16.3. The van der Waals surface area contributed by atoms with E-state index in [1.165, 1.54) is 0 Å². The molecule has 2 amide bonds. The summed E-state index contributed by atoms with van der Waals surface area (Å²) in [5.41, 5.74) is -2.09. The Morgan fingerprint density at radius 2 is 0.522 bits per heavy atom. The molecular formula is C42H36NO24+. The van der Waals surface area contributed by atoms with Crippen LogP contribution in [0, 0.1) is 0 Å². The molecule has 0 heterocycles. The Labute approximate surface area is 374 Å². The maximum Gasteiger partial charge on any atom is 0.397 e. The summed E-state index contributed by atoms with van der Waals surface area (Å²) in [6.07, 6.45) is -0.904. The first-order valence-electron chi connectivity index (χ1n) is 19.1. The van der Waals surface area contributed by atoms with E-state index in [2.05, 4.69) is 0 Å². The molecular weight excluding hydrogens is 902 g/mol. The normalized spacial score (nSPS) is 11.1. The SMILES string of the molecule is CCCCC(=O)C(=O)C(=O)C(=O)/C=C(/CC)C(=O)C(=O)C(=O)C(=O)C(=O)C(=O)C(=O)C(=O)[N+](C)(C)C(=O)C(=O)C(=O)C(=O)C(=O)C(=O)C(=O)C(=O)/C(=C\C(=O)C(=O)C(=O)C(=O)CCCC)CC. The van der Waals surface area contributed by atoms with E-state index < -0.39 is 180 Å². The number of carbonyl (C=O) groups is 24. The molecule has 0 fully saturated rings. The molecule has 0 rings (SSSR count). The topological polar surface area (TPSA) is 410 Å². The Morgan fingerprint density at radius 3 is 0.746 bits per heavy atom. The Balaban J connectivity index is 6.10. The largest absolute Gasteiger partial charge is 0.397 e. The van der Waals surface area contributed by atoms with Crippen molar-refractivity contribution in [3.63, 3.8) is 0 Å². The molecule has 0 atom stereocenters. The number of imide groups is 1. The van der Waals surface area contributed by atoms with Crippen LogP contribution in [-0.2, 0) is 115 Å². The van der Waals surface area contributed by atoms with E-state index in [-0.39, 0.29) is 39.1 Å². The average molecular weight is 939 g/mol. The lowest BCUT2D eigenvalue weighted by molar-refractivity contribution is -0.727. The van der Waals surface area contributed by atoms with E-state index in [4.69, 9.17) is 0 Å². The van der Waals surface area contributed by atoms with Crippen molar-refractivity contribution in [1.82, 2.24) is 0 Å². The number of carbonyl (C=O) groups excluding carboxylic acids is 24. The van der Waals surface area contributed by atoms with E-state index >= 15 is 0 Å². The maximum atomic E-state index is 12.8. The lowest BCUT2D eigenvalue weighted by atomic mass is 9.95. The first-order valence-corrected chi connectivity index (χ1v) is 19.1. The number of hydrogen-bond acceptors (Lipinski definition) is 24. The number of amides is 2. The molecule has 0 aromatic carbocycles. The van der Waals surface area contributed by atoms with E-state index in [1.54, 1.807) is 13.8 Å². The van der Waals surface area contributed by atoms with Gasteiger partial charge in [0.15, 0.2) is 0 Å². The number of hydrogen-bond donors (Lipinski definition) is 0. The van der Waals surface area contributed by atoms with Crippen molar-refractivity contribution < 1.29 is 120 Å². The Morgan fingerprint density at radius 1 is 0.299 bits per heavy atom. The molecule has 0 unspecified atom stereocenters. The summed E-state index contributed by atoms with van der Waals surface area (Å²) >= 11 is 0. The smallest absolute Gasteiger partial charge is 0.290 e. The monoisotopic (exact) mass is 938 g/mol. The van der Waals surface area contributed by atoms with Gasteiger partial charge >= 0.3 is 23.4 Å². The average Bonchev–Trinajstić information content (AvgIpc) is 3.32. The molecule has 25 nitrogen and oxygen atoms in total. The van der Waals surface area contributed by atoms with Crippen LogP contribution in [-0.4, -0.2) is 158 Å². The van der Waals surface area contributed by atoms with Crippen LogP contribution in [0.3, 0.4) is 0 Å². The molecule has 0 saturated carbocycles. The summed E-state index contributed by atoms with van der Waals surface area (Å²) in [4.78, 5) is 296. The van der Waals surface area contributed by atoms with Crippen molar-refractivity contribution >= 4 is 139 Å². The summed E-state index contributed by atoms with van der Waals surface area (Å²) in [6, 6.07) is 0. The van der Waals surface area contributed by atoms with Gasteiger partial charge in [-0.2, -0.15) is 4.48 Å². The third kappa shape index (κ3) is 14.3.